The number of aromatic nitrogens is 2. The van der Waals surface area contributed by atoms with Gasteiger partial charge in [0.2, 0.25) is 5.91 Å². The molecule has 2 heterocycles. The average Bonchev–Trinajstić information content (AvgIpc) is 2.79. The summed E-state index contributed by atoms with van der Waals surface area (Å²) >= 11 is 0. The molecule has 7 nitrogen and oxygen atoms in total. The van der Waals surface area contributed by atoms with Crippen LogP contribution >= 0.6 is 0 Å². The summed E-state index contributed by atoms with van der Waals surface area (Å²) in [4.78, 5) is 13.0. The fourth-order valence-electron chi connectivity index (χ4n) is 2.08. The number of hydrogen-bond donors (Lipinski definition) is 1. The van der Waals surface area contributed by atoms with Gasteiger partial charge in [-0.25, -0.2) is 8.42 Å². The van der Waals surface area contributed by atoms with Gasteiger partial charge in [0.1, 0.15) is 0 Å². The lowest BCUT2D eigenvalue weighted by atomic mass is 10.2. The SMILES string of the molecule is CCC(=O)Nc1ccc(N(C)C2CCS(=O)(=O)C2)nn1. The minimum atomic E-state index is -2.92. The molecule has 110 valence electrons. The van der Waals surface area contributed by atoms with Crippen molar-refractivity contribution in [2.75, 3.05) is 28.8 Å². The second kappa shape index (κ2) is 5.74. The Morgan fingerprint density at radius 1 is 1.45 bits per heavy atom. The van der Waals surface area contributed by atoms with Gasteiger partial charge in [0.15, 0.2) is 21.5 Å². The molecule has 0 bridgehead atoms. The quantitative estimate of drug-likeness (QED) is 0.867. The molecule has 8 heteroatoms. The second-order valence-electron chi connectivity index (χ2n) is 4.85. The van der Waals surface area contributed by atoms with E-state index in [0.717, 1.165) is 0 Å². The van der Waals surface area contributed by atoms with Crippen LogP contribution in [0, 0.1) is 0 Å². The smallest absolute Gasteiger partial charge is 0.225 e. The van der Waals surface area contributed by atoms with E-state index in [1.807, 2.05) is 4.90 Å². The third-order valence-corrected chi connectivity index (χ3v) is 5.11. The highest BCUT2D eigenvalue weighted by Crippen LogP contribution is 2.21. The van der Waals surface area contributed by atoms with Crippen LogP contribution in [0.2, 0.25) is 0 Å². The summed E-state index contributed by atoms with van der Waals surface area (Å²) in [5.74, 6) is 1.25. The van der Waals surface area contributed by atoms with Crippen LogP contribution in [0.25, 0.3) is 0 Å². The molecule has 0 aliphatic carbocycles. The van der Waals surface area contributed by atoms with Gasteiger partial charge in [0, 0.05) is 19.5 Å². The summed E-state index contributed by atoms with van der Waals surface area (Å²) < 4.78 is 23.0. The predicted molar refractivity (Wildman–Crippen MR) is 76.4 cm³/mol. The van der Waals surface area contributed by atoms with Gasteiger partial charge in [-0.15, -0.1) is 10.2 Å². The summed E-state index contributed by atoms with van der Waals surface area (Å²) in [5, 5.41) is 10.6. The first-order valence-electron chi connectivity index (χ1n) is 6.48. The largest absolute Gasteiger partial charge is 0.354 e. The summed E-state index contributed by atoms with van der Waals surface area (Å²) in [6.07, 6.45) is 0.984. The highest BCUT2D eigenvalue weighted by atomic mass is 32.2. The number of hydrogen-bond acceptors (Lipinski definition) is 6. The van der Waals surface area contributed by atoms with Gasteiger partial charge >= 0.3 is 0 Å². The first-order chi connectivity index (χ1) is 9.41. The molecule has 1 aliphatic rings. The monoisotopic (exact) mass is 298 g/mol. The summed E-state index contributed by atoms with van der Waals surface area (Å²) in [5.41, 5.74) is 0. The molecule has 0 radical (unpaired) electrons. The van der Waals surface area contributed by atoms with Crippen molar-refractivity contribution in [3.63, 3.8) is 0 Å². The number of rotatable bonds is 4. The molecule has 1 atom stereocenters. The normalized spacial score (nSPS) is 20.6. The zero-order valence-electron chi connectivity index (χ0n) is 11.5. The fourth-order valence-corrected chi connectivity index (χ4v) is 3.85. The minimum absolute atomic E-state index is 0.0645. The maximum atomic E-state index is 11.5. The molecule has 1 fully saturated rings. The number of anilines is 2. The minimum Gasteiger partial charge on any atom is -0.354 e. The molecule has 1 aromatic rings. The Bertz CT molecular complexity index is 585. The van der Waals surface area contributed by atoms with Gasteiger partial charge in [0.25, 0.3) is 0 Å². The van der Waals surface area contributed by atoms with Gasteiger partial charge in [0.05, 0.1) is 11.5 Å². The Morgan fingerprint density at radius 3 is 2.70 bits per heavy atom. The molecule has 1 amide bonds. The van der Waals surface area contributed by atoms with Crippen LogP contribution in [0.3, 0.4) is 0 Å². The highest BCUT2D eigenvalue weighted by Gasteiger charge is 2.31. The van der Waals surface area contributed by atoms with Crippen molar-refractivity contribution in [3.05, 3.63) is 12.1 Å². The van der Waals surface area contributed by atoms with E-state index in [9.17, 15) is 13.2 Å². The van der Waals surface area contributed by atoms with Gasteiger partial charge < -0.3 is 10.2 Å². The summed E-state index contributed by atoms with van der Waals surface area (Å²) in [7, 11) is -1.12. The molecular weight excluding hydrogens is 280 g/mol. The Kier molecular flexibility index (Phi) is 4.22. The van der Waals surface area contributed by atoms with E-state index in [4.69, 9.17) is 0 Å². The lowest BCUT2D eigenvalue weighted by Crippen LogP contribution is -2.33. The maximum absolute atomic E-state index is 11.5. The molecule has 1 saturated heterocycles. The molecule has 2 rings (SSSR count). The second-order valence-corrected chi connectivity index (χ2v) is 7.07. The van der Waals surface area contributed by atoms with E-state index < -0.39 is 9.84 Å². The van der Waals surface area contributed by atoms with Gasteiger partial charge in [-0.05, 0) is 18.6 Å². The Labute approximate surface area is 118 Å². The summed E-state index contributed by atoms with van der Waals surface area (Å²) in [6.45, 7) is 1.76. The van der Waals surface area contributed by atoms with E-state index in [1.54, 1.807) is 26.1 Å². The van der Waals surface area contributed by atoms with Crippen LogP contribution in [0.15, 0.2) is 12.1 Å². The van der Waals surface area contributed by atoms with Crippen molar-refractivity contribution >= 4 is 27.4 Å². The van der Waals surface area contributed by atoms with E-state index in [2.05, 4.69) is 15.5 Å². The molecule has 1 aliphatic heterocycles. The topological polar surface area (TPSA) is 92.3 Å². The lowest BCUT2D eigenvalue weighted by molar-refractivity contribution is -0.115. The van der Waals surface area contributed by atoms with E-state index in [-0.39, 0.29) is 23.5 Å². The molecular formula is C12H18N4O3S. The zero-order valence-corrected chi connectivity index (χ0v) is 12.4. The van der Waals surface area contributed by atoms with Crippen molar-refractivity contribution in [1.29, 1.82) is 0 Å². The number of amides is 1. The van der Waals surface area contributed by atoms with Crippen molar-refractivity contribution in [2.24, 2.45) is 0 Å². The van der Waals surface area contributed by atoms with E-state index in [0.29, 0.717) is 24.5 Å². The van der Waals surface area contributed by atoms with Crippen LogP contribution in [0.5, 0.6) is 0 Å². The fraction of sp³-hybridized carbons (Fsp3) is 0.583. The Balaban J connectivity index is 2.04. The van der Waals surface area contributed by atoms with Gasteiger partial charge in [-0.3, -0.25) is 4.79 Å². The Morgan fingerprint density at radius 2 is 2.20 bits per heavy atom. The van der Waals surface area contributed by atoms with Crippen molar-refractivity contribution in [3.8, 4) is 0 Å². The molecule has 0 aromatic carbocycles. The standard InChI is InChI=1S/C12H18N4O3S/c1-3-12(17)13-10-4-5-11(15-14-10)16(2)9-6-7-20(18,19)8-9/h4-5,9H,3,6-8H2,1-2H3,(H,13,14,17). The molecule has 0 saturated carbocycles. The van der Waals surface area contributed by atoms with Crippen LogP contribution in [0.4, 0.5) is 11.6 Å². The van der Waals surface area contributed by atoms with E-state index in [1.165, 1.54) is 0 Å². The first kappa shape index (κ1) is 14.7. The molecule has 1 unspecified atom stereocenters. The number of nitrogens with one attached hydrogen (secondary N) is 1. The molecule has 20 heavy (non-hydrogen) atoms. The number of nitrogens with zero attached hydrogens (tertiary/aromatic N) is 3. The van der Waals surface area contributed by atoms with Crippen molar-refractivity contribution in [1.82, 2.24) is 10.2 Å². The third-order valence-electron chi connectivity index (χ3n) is 3.36. The first-order valence-corrected chi connectivity index (χ1v) is 8.30. The average molecular weight is 298 g/mol. The van der Waals surface area contributed by atoms with Crippen LogP contribution in [-0.4, -0.2) is 49.1 Å². The van der Waals surface area contributed by atoms with Crippen LogP contribution in [0.1, 0.15) is 19.8 Å². The van der Waals surface area contributed by atoms with Crippen LogP contribution in [-0.2, 0) is 14.6 Å². The van der Waals surface area contributed by atoms with Gasteiger partial charge in [-0.1, -0.05) is 6.92 Å². The van der Waals surface area contributed by atoms with E-state index >= 15 is 0 Å². The lowest BCUT2D eigenvalue weighted by Gasteiger charge is -2.23. The number of sulfone groups is 1. The van der Waals surface area contributed by atoms with Gasteiger partial charge in [-0.2, -0.15) is 0 Å². The van der Waals surface area contributed by atoms with Crippen molar-refractivity contribution < 1.29 is 13.2 Å². The van der Waals surface area contributed by atoms with Crippen LogP contribution < -0.4 is 10.2 Å². The number of carbonyl (C=O) groups excluding carboxylic acids is 1. The predicted octanol–water partition coefficient (Wildman–Crippen LogP) is 0.448. The Hall–Kier alpha value is -1.70. The third kappa shape index (κ3) is 3.44. The highest BCUT2D eigenvalue weighted by molar-refractivity contribution is 7.91. The van der Waals surface area contributed by atoms with Crippen molar-refractivity contribution in [2.45, 2.75) is 25.8 Å². The molecule has 0 spiro atoms. The summed E-state index contributed by atoms with van der Waals surface area (Å²) in [6, 6.07) is 3.32. The molecule has 1 aromatic heterocycles. The zero-order chi connectivity index (χ0) is 14.8. The number of carbonyl (C=O) groups is 1. The molecule has 1 N–H and O–H groups in total. The maximum Gasteiger partial charge on any atom is 0.225 e.